The van der Waals surface area contributed by atoms with Crippen molar-refractivity contribution in [1.29, 1.82) is 0 Å². The largest absolute Gasteiger partial charge is 0.379 e. The van der Waals surface area contributed by atoms with Crippen LogP contribution in [0.15, 0.2) is 60.8 Å². The van der Waals surface area contributed by atoms with Crippen LogP contribution in [-0.4, -0.2) is 25.8 Å². The van der Waals surface area contributed by atoms with Crippen molar-refractivity contribution in [2.75, 3.05) is 10.6 Å². The van der Waals surface area contributed by atoms with Crippen LogP contribution in [0, 0.1) is 6.92 Å². The predicted octanol–water partition coefficient (Wildman–Crippen LogP) is 6.51. The van der Waals surface area contributed by atoms with Crippen molar-refractivity contribution in [3.8, 4) is 5.69 Å². The van der Waals surface area contributed by atoms with Crippen molar-refractivity contribution < 1.29 is 4.79 Å². The van der Waals surface area contributed by atoms with E-state index in [-0.39, 0.29) is 23.3 Å². The first-order valence-electron chi connectivity index (χ1n) is 11.8. The van der Waals surface area contributed by atoms with E-state index in [9.17, 15) is 4.79 Å². The molecule has 0 aliphatic heterocycles. The Labute approximate surface area is 226 Å². The molecule has 3 N–H and O–H groups in total. The number of aromatic nitrogens is 4. The summed E-state index contributed by atoms with van der Waals surface area (Å²) in [5.41, 5.74) is 5.08. The van der Waals surface area contributed by atoms with Crippen molar-refractivity contribution in [3.63, 3.8) is 0 Å². The van der Waals surface area contributed by atoms with Crippen LogP contribution in [0.2, 0.25) is 10.3 Å². The van der Waals surface area contributed by atoms with Crippen LogP contribution in [0.1, 0.15) is 43.3 Å². The van der Waals surface area contributed by atoms with Crippen molar-refractivity contribution in [3.05, 3.63) is 93.6 Å². The molecule has 0 unspecified atom stereocenters. The van der Waals surface area contributed by atoms with Crippen LogP contribution in [0.25, 0.3) is 5.69 Å². The van der Waals surface area contributed by atoms with Gasteiger partial charge >= 0.3 is 6.03 Å². The number of nitrogens with one attached hydrogen (secondary N) is 3. The Balaban J connectivity index is 1.48. The van der Waals surface area contributed by atoms with Gasteiger partial charge in [0, 0.05) is 34.9 Å². The third kappa shape index (κ3) is 6.99. The third-order valence-electron chi connectivity index (χ3n) is 5.65. The van der Waals surface area contributed by atoms with Crippen molar-refractivity contribution in [2.24, 2.45) is 0 Å². The Morgan fingerprint density at radius 3 is 2.46 bits per heavy atom. The number of urea groups is 1. The smallest absolute Gasteiger partial charge is 0.320 e. The van der Waals surface area contributed by atoms with E-state index < -0.39 is 0 Å². The van der Waals surface area contributed by atoms with Gasteiger partial charge in [0.2, 0.25) is 5.28 Å². The van der Waals surface area contributed by atoms with Gasteiger partial charge in [0.1, 0.15) is 5.82 Å². The summed E-state index contributed by atoms with van der Waals surface area (Å²) in [5.74, 6) is 0.580. The topological polar surface area (TPSA) is 96.8 Å². The molecule has 0 aliphatic carbocycles. The molecule has 0 bridgehead atoms. The zero-order valence-electron chi connectivity index (χ0n) is 21.1. The Morgan fingerprint density at radius 2 is 1.76 bits per heavy atom. The number of nitrogens with zero attached hydrogens (tertiary/aromatic N) is 4. The Morgan fingerprint density at radius 1 is 1.00 bits per heavy atom. The average Bonchev–Trinajstić information content (AvgIpc) is 3.27. The molecule has 37 heavy (non-hydrogen) atoms. The maximum atomic E-state index is 12.9. The van der Waals surface area contributed by atoms with E-state index in [1.165, 1.54) is 0 Å². The molecule has 192 valence electrons. The quantitative estimate of drug-likeness (QED) is 0.233. The molecule has 8 nitrogen and oxygen atoms in total. The molecular weight excluding hydrogens is 509 g/mol. The summed E-state index contributed by atoms with van der Waals surface area (Å²) in [4.78, 5) is 21.0. The highest BCUT2D eigenvalue weighted by Gasteiger charge is 2.21. The van der Waals surface area contributed by atoms with Crippen LogP contribution >= 0.6 is 23.2 Å². The molecule has 4 aromatic rings. The Bertz CT molecular complexity index is 1390. The van der Waals surface area contributed by atoms with Crippen LogP contribution in [0.4, 0.5) is 16.3 Å². The number of carbonyl (C=O) groups is 1. The summed E-state index contributed by atoms with van der Waals surface area (Å²) in [6.07, 6.45) is 1.60. The first-order chi connectivity index (χ1) is 17.6. The van der Waals surface area contributed by atoms with E-state index in [1.807, 2.05) is 49.4 Å². The van der Waals surface area contributed by atoms with Gasteiger partial charge in [-0.2, -0.15) is 5.10 Å². The van der Waals surface area contributed by atoms with Crippen LogP contribution in [0.5, 0.6) is 0 Å². The zero-order chi connectivity index (χ0) is 26.6. The summed E-state index contributed by atoms with van der Waals surface area (Å²) < 4.78 is 1.75. The van der Waals surface area contributed by atoms with Crippen LogP contribution in [0.3, 0.4) is 0 Å². The lowest BCUT2D eigenvalue weighted by Crippen LogP contribution is -2.29. The number of amides is 2. The highest BCUT2D eigenvalue weighted by Crippen LogP contribution is 2.27. The van der Waals surface area contributed by atoms with E-state index in [1.54, 1.807) is 23.0 Å². The molecule has 0 atom stereocenters. The maximum Gasteiger partial charge on any atom is 0.320 e. The highest BCUT2D eigenvalue weighted by molar-refractivity contribution is 6.30. The molecule has 2 aromatic carbocycles. The van der Waals surface area contributed by atoms with Gasteiger partial charge in [-0.3, -0.25) is 5.32 Å². The number of hydrogen-bond donors (Lipinski definition) is 3. The standard InChI is InChI=1S/C27H29Cl2N7O/c1-17-5-8-21(9-6-17)36-24(14-23(35-36)27(2,3)4)34-26(37)32-15-18-13-19(28)7-10-22(18)31-16-20-11-12-30-25(29)33-20/h5-14,31H,15-16H2,1-4H3,(H2,32,34,37). The minimum absolute atomic E-state index is 0.182. The lowest BCUT2D eigenvalue weighted by Gasteiger charge is -2.14. The van der Waals surface area contributed by atoms with E-state index in [0.717, 1.165) is 33.9 Å². The van der Waals surface area contributed by atoms with Gasteiger partial charge in [-0.05, 0) is 60.5 Å². The molecule has 2 amide bonds. The van der Waals surface area contributed by atoms with Crippen molar-refractivity contribution in [2.45, 2.75) is 46.2 Å². The summed E-state index contributed by atoms with van der Waals surface area (Å²) in [6, 6.07) is 16.8. The number of aryl methyl sites for hydroxylation is 1. The van der Waals surface area contributed by atoms with Crippen molar-refractivity contribution >= 4 is 40.7 Å². The number of carbonyl (C=O) groups excluding carboxylic acids is 1. The Kier molecular flexibility index (Phi) is 8.00. The predicted molar refractivity (Wildman–Crippen MR) is 149 cm³/mol. The number of benzene rings is 2. The average molecular weight is 538 g/mol. The zero-order valence-corrected chi connectivity index (χ0v) is 22.7. The molecule has 0 spiro atoms. The molecule has 4 rings (SSSR count). The third-order valence-corrected chi connectivity index (χ3v) is 6.07. The summed E-state index contributed by atoms with van der Waals surface area (Å²) >= 11 is 12.1. The van der Waals surface area contributed by atoms with E-state index in [2.05, 4.69) is 46.7 Å². The lowest BCUT2D eigenvalue weighted by atomic mass is 9.92. The van der Waals surface area contributed by atoms with E-state index in [0.29, 0.717) is 17.4 Å². The molecule has 0 aliphatic rings. The Hall–Kier alpha value is -3.62. The first-order valence-corrected chi connectivity index (χ1v) is 12.6. The second kappa shape index (κ2) is 11.2. The monoisotopic (exact) mass is 537 g/mol. The van der Waals surface area contributed by atoms with Gasteiger partial charge in [-0.25, -0.2) is 19.4 Å². The summed E-state index contributed by atoms with van der Waals surface area (Å²) in [5, 5.41) is 14.7. The molecule has 0 saturated heterocycles. The van der Waals surface area contributed by atoms with Gasteiger partial charge in [0.05, 0.1) is 23.6 Å². The van der Waals surface area contributed by atoms with Gasteiger partial charge in [0.25, 0.3) is 0 Å². The molecular formula is C27H29Cl2N7O. The summed E-state index contributed by atoms with van der Waals surface area (Å²) in [7, 11) is 0. The molecule has 0 fully saturated rings. The van der Waals surface area contributed by atoms with Gasteiger partial charge in [-0.1, -0.05) is 50.1 Å². The van der Waals surface area contributed by atoms with Gasteiger partial charge in [0.15, 0.2) is 0 Å². The molecule has 2 heterocycles. The minimum Gasteiger partial charge on any atom is -0.379 e. The SMILES string of the molecule is Cc1ccc(-n2nc(C(C)(C)C)cc2NC(=O)NCc2cc(Cl)ccc2NCc2ccnc(Cl)n2)cc1. The van der Waals surface area contributed by atoms with Gasteiger partial charge < -0.3 is 10.6 Å². The maximum absolute atomic E-state index is 12.9. The second-order valence-electron chi connectivity index (χ2n) is 9.69. The lowest BCUT2D eigenvalue weighted by molar-refractivity contribution is 0.251. The van der Waals surface area contributed by atoms with E-state index >= 15 is 0 Å². The highest BCUT2D eigenvalue weighted by atomic mass is 35.5. The number of anilines is 2. The fraction of sp³-hybridized carbons (Fsp3) is 0.259. The number of rotatable bonds is 7. The van der Waals surface area contributed by atoms with Crippen LogP contribution in [-0.2, 0) is 18.5 Å². The van der Waals surface area contributed by atoms with Gasteiger partial charge in [-0.15, -0.1) is 0 Å². The molecule has 0 saturated carbocycles. The fourth-order valence-electron chi connectivity index (χ4n) is 3.59. The molecule has 2 aromatic heterocycles. The normalized spacial score (nSPS) is 11.3. The number of hydrogen-bond acceptors (Lipinski definition) is 5. The summed E-state index contributed by atoms with van der Waals surface area (Å²) in [6.45, 7) is 8.98. The molecule has 0 radical (unpaired) electrons. The van der Waals surface area contributed by atoms with E-state index in [4.69, 9.17) is 28.3 Å². The van der Waals surface area contributed by atoms with Crippen molar-refractivity contribution in [1.82, 2.24) is 25.1 Å². The second-order valence-corrected chi connectivity index (χ2v) is 10.5. The minimum atomic E-state index is -0.359. The molecule has 10 heteroatoms. The van der Waals surface area contributed by atoms with Crippen LogP contribution < -0.4 is 16.0 Å². The number of halogens is 2. The fourth-order valence-corrected chi connectivity index (χ4v) is 3.95. The first kappa shape index (κ1) is 26.4.